The zero-order chi connectivity index (χ0) is 13.8. The molecule has 0 aliphatic carbocycles. The van der Waals surface area contributed by atoms with Crippen LogP contribution in [-0.4, -0.2) is 25.4 Å². The molecule has 100 valence electrons. The standard InChI is InChI=1S/C11H12F3NO3/c1-2-17-10(16)8-5-7(15)3-4-9(8)18-6-11(12,13)14/h3-5H,2,6,15H2,1H3. The fraction of sp³-hybridized carbons (Fsp3) is 0.364. The van der Waals surface area contributed by atoms with Crippen molar-refractivity contribution in [2.75, 3.05) is 18.9 Å². The molecule has 0 fully saturated rings. The van der Waals surface area contributed by atoms with Crippen molar-refractivity contribution in [3.05, 3.63) is 23.8 Å². The second-order valence-electron chi connectivity index (χ2n) is 3.38. The Morgan fingerprint density at radius 3 is 2.61 bits per heavy atom. The van der Waals surface area contributed by atoms with Gasteiger partial charge in [-0.2, -0.15) is 13.2 Å². The second kappa shape index (κ2) is 5.61. The van der Waals surface area contributed by atoms with Gasteiger partial charge in [-0.3, -0.25) is 0 Å². The molecule has 0 radical (unpaired) electrons. The Morgan fingerprint density at radius 1 is 1.39 bits per heavy atom. The van der Waals surface area contributed by atoms with E-state index < -0.39 is 18.8 Å². The number of carbonyl (C=O) groups excluding carboxylic acids is 1. The zero-order valence-corrected chi connectivity index (χ0v) is 9.58. The summed E-state index contributed by atoms with van der Waals surface area (Å²) in [6.07, 6.45) is -4.48. The third-order valence-electron chi connectivity index (χ3n) is 1.89. The number of halogens is 3. The monoisotopic (exact) mass is 263 g/mol. The summed E-state index contributed by atoms with van der Waals surface area (Å²) in [4.78, 5) is 11.5. The van der Waals surface area contributed by atoms with Crippen LogP contribution < -0.4 is 10.5 Å². The highest BCUT2D eigenvalue weighted by Crippen LogP contribution is 2.25. The van der Waals surface area contributed by atoms with Gasteiger partial charge >= 0.3 is 12.1 Å². The van der Waals surface area contributed by atoms with Crippen LogP contribution in [0.3, 0.4) is 0 Å². The van der Waals surface area contributed by atoms with Crippen molar-refractivity contribution in [2.45, 2.75) is 13.1 Å². The summed E-state index contributed by atoms with van der Waals surface area (Å²) in [6, 6.07) is 3.76. The van der Waals surface area contributed by atoms with Crippen molar-refractivity contribution in [3.63, 3.8) is 0 Å². The van der Waals surface area contributed by atoms with Gasteiger partial charge < -0.3 is 15.2 Å². The van der Waals surface area contributed by atoms with Crippen LogP contribution in [0.15, 0.2) is 18.2 Å². The first kappa shape index (κ1) is 14.1. The molecule has 1 aromatic rings. The van der Waals surface area contributed by atoms with Crippen molar-refractivity contribution in [1.29, 1.82) is 0 Å². The minimum absolute atomic E-state index is 0.104. The van der Waals surface area contributed by atoms with Crippen LogP contribution in [0.5, 0.6) is 5.75 Å². The van der Waals surface area contributed by atoms with E-state index in [0.717, 1.165) is 0 Å². The fourth-order valence-corrected chi connectivity index (χ4v) is 1.20. The quantitative estimate of drug-likeness (QED) is 0.669. The largest absolute Gasteiger partial charge is 0.483 e. The van der Waals surface area contributed by atoms with Crippen LogP contribution in [0.2, 0.25) is 0 Å². The number of benzene rings is 1. The average molecular weight is 263 g/mol. The number of carbonyl (C=O) groups is 1. The molecule has 0 atom stereocenters. The lowest BCUT2D eigenvalue weighted by atomic mass is 10.2. The summed E-state index contributed by atoms with van der Waals surface area (Å²) < 4.78 is 45.3. The topological polar surface area (TPSA) is 61.5 Å². The Labute approximate surface area is 101 Å². The van der Waals surface area contributed by atoms with E-state index in [0.29, 0.717) is 0 Å². The molecule has 7 heteroatoms. The van der Waals surface area contributed by atoms with Crippen LogP contribution in [0.4, 0.5) is 18.9 Å². The zero-order valence-electron chi connectivity index (χ0n) is 9.58. The normalized spacial score (nSPS) is 11.1. The Kier molecular flexibility index (Phi) is 4.41. The van der Waals surface area contributed by atoms with Crippen LogP contribution in [0.1, 0.15) is 17.3 Å². The van der Waals surface area contributed by atoms with E-state index in [1.54, 1.807) is 6.92 Å². The Morgan fingerprint density at radius 2 is 2.06 bits per heavy atom. The first-order chi connectivity index (χ1) is 8.33. The van der Waals surface area contributed by atoms with Gasteiger partial charge in [-0.1, -0.05) is 0 Å². The summed E-state index contributed by atoms with van der Waals surface area (Å²) in [7, 11) is 0. The summed E-state index contributed by atoms with van der Waals surface area (Å²) in [5.41, 5.74) is 5.57. The van der Waals surface area contributed by atoms with Gasteiger partial charge in [0.2, 0.25) is 0 Å². The SMILES string of the molecule is CCOC(=O)c1cc(N)ccc1OCC(F)(F)F. The molecular formula is C11H12F3NO3. The molecule has 18 heavy (non-hydrogen) atoms. The molecule has 0 spiro atoms. The lowest BCUT2D eigenvalue weighted by molar-refractivity contribution is -0.153. The maximum Gasteiger partial charge on any atom is 0.422 e. The predicted octanol–water partition coefficient (Wildman–Crippen LogP) is 2.39. The first-order valence-electron chi connectivity index (χ1n) is 5.09. The lowest BCUT2D eigenvalue weighted by Gasteiger charge is -2.12. The number of esters is 1. The molecular weight excluding hydrogens is 251 g/mol. The van der Waals surface area contributed by atoms with Crippen molar-refractivity contribution >= 4 is 11.7 Å². The molecule has 0 unspecified atom stereocenters. The highest BCUT2D eigenvalue weighted by Gasteiger charge is 2.29. The molecule has 0 saturated heterocycles. The summed E-state index contributed by atoms with van der Waals surface area (Å²) >= 11 is 0. The van der Waals surface area contributed by atoms with Crippen LogP contribution in [0.25, 0.3) is 0 Å². The third-order valence-corrected chi connectivity index (χ3v) is 1.89. The Balaban J connectivity index is 2.93. The van der Waals surface area contributed by atoms with Crippen molar-refractivity contribution in [2.24, 2.45) is 0 Å². The number of hydrogen-bond donors (Lipinski definition) is 1. The number of ether oxygens (including phenoxy) is 2. The number of nitrogens with two attached hydrogens (primary N) is 1. The van der Waals surface area contributed by atoms with Crippen molar-refractivity contribution in [1.82, 2.24) is 0 Å². The molecule has 0 saturated carbocycles. The molecule has 4 nitrogen and oxygen atoms in total. The van der Waals surface area contributed by atoms with Gasteiger partial charge in [0.25, 0.3) is 0 Å². The van der Waals surface area contributed by atoms with Crippen LogP contribution >= 0.6 is 0 Å². The molecule has 0 heterocycles. The van der Waals surface area contributed by atoms with E-state index in [2.05, 4.69) is 4.74 Å². The van der Waals surface area contributed by atoms with E-state index in [1.807, 2.05) is 0 Å². The number of anilines is 1. The number of nitrogen functional groups attached to an aromatic ring is 1. The van der Waals surface area contributed by atoms with Crippen molar-refractivity contribution < 1.29 is 27.4 Å². The van der Waals surface area contributed by atoms with Gasteiger partial charge in [0.15, 0.2) is 6.61 Å². The van der Waals surface area contributed by atoms with Crippen LogP contribution in [-0.2, 0) is 4.74 Å². The van der Waals surface area contributed by atoms with E-state index in [-0.39, 0.29) is 23.6 Å². The molecule has 2 N–H and O–H groups in total. The Bertz CT molecular complexity index is 432. The van der Waals surface area contributed by atoms with Gasteiger partial charge in [-0.05, 0) is 25.1 Å². The molecule has 0 amide bonds. The number of alkyl halides is 3. The van der Waals surface area contributed by atoms with E-state index >= 15 is 0 Å². The summed E-state index contributed by atoms with van der Waals surface area (Å²) in [6.45, 7) is 0.204. The minimum Gasteiger partial charge on any atom is -0.483 e. The second-order valence-corrected chi connectivity index (χ2v) is 3.38. The molecule has 0 bridgehead atoms. The average Bonchev–Trinajstić information content (AvgIpc) is 2.26. The van der Waals surface area contributed by atoms with Gasteiger partial charge in [0.05, 0.1) is 6.61 Å². The van der Waals surface area contributed by atoms with Gasteiger partial charge in [0, 0.05) is 5.69 Å². The molecule has 0 aromatic heterocycles. The number of rotatable bonds is 4. The fourth-order valence-electron chi connectivity index (χ4n) is 1.20. The first-order valence-corrected chi connectivity index (χ1v) is 5.09. The van der Waals surface area contributed by atoms with Gasteiger partial charge in [0.1, 0.15) is 11.3 Å². The highest BCUT2D eigenvalue weighted by atomic mass is 19.4. The van der Waals surface area contributed by atoms with Crippen LogP contribution in [0, 0.1) is 0 Å². The third kappa shape index (κ3) is 4.15. The van der Waals surface area contributed by atoms with E-state index in [4.69, 9.17) is 10.5 Å². The molecule has 0 aliphatic heterocycles. The maximum atomic E-state index is 12.0. The molecule has 1 rings (SSSR count). The summed E-state index contributed by atoms with van der Waals surface area (Å²) in [5.74, 6) is -0.984. The molecule has 0 aliphatic rings. The van der Waals surface area contributed by atoms with Crippen molar-refractivity contribution in [3.8, 4) is 5.75 Å². The van der Waals surface area contributed by atoms with E-state index in [9.17, 15) is 18.0 Å². The summed E-state index contributed by atoms with van der Waals surface area (Å²) in [5, 5.41) is 0. The number of hydrogen-bond acceptors (Lipinski definition) is 4. The maximum absolute atomic E-state index is 12.0. The van der Waals surface area contributed by atoms with Gasteiger partial charge in [-0.25, -0.2) is 4.79 Å². The predicted molar refractivity (Wildman–Crippen MR) is 58.4 cm³/mol. The van der Waals surface area contributed by atoms with Gasteiger partial charge in [-0.15, -0.1) is 0 Å². The smallest absolute Gasteiger partial charge is 0.422 e. The highest BCUT2D eigenvalue weighted by molar-refractivity contribution is 5.93. The molecule has 1 aromatic carbocycles. The van der Waals surface area contributed by atoms with E-state index in [1.165, 1.54) is 18.2 Å². The Hall–Kier alpha value is -1.92. The minimum atomic E-state index is -4.48. The lowest BCUT2D eigenvalue weighted by Crippen LogP contribution is -2.20.